The molecule has 1 heterocycles. The molecule has 0 aromatic heterocycles. The van der Waals surface area contributed by atoms with Crippen LogP contribution in [0.3, 0.4) is 0 Å². The Hall–Kier alpha value is -0.900. The third-order valence-electron chi connectivity index (χ3n) is 4.83. The lowest BCUT2D eigenvalue weighted by Crippen LogP contribution is -2.49. The molecule has 0 radical (unpaired) electrons. The van der Waals surface area contributed by atoms with Crippen molar-refractivity contribution in [3.8, 4) is 0 Å². The van der Waals surface area contributed by atoms with Gasteiger partial charge in [0.15, 0.2) is 0 Å². The second-order valence-electron chi connectivity index (χ2n) is 6.06. The van der Waals surface area contributed by atoms with E-state index in [0.717, 1.165) is 39.0 Å². The van der Waals surface area contributed by atoms with Crippen LogP contribution in [0, 0.1) is 13.8 Å². The van der Waals surface area contributed by atoms with E-state index in [0.29, 0.717) is 0 Å². The molecular formula is C18H29NO2. The van der Waals surface area contributed by atoms with Crippen LogP contribution in [0.15, 0.2) is 18.2 Å². The van der Waals surface area contributed by atoms with Crippen LogP contribution in [0.2, 0.25) is 0 Å². The molecule has 0 aliphatic carbocycles. The average Bonchev–Trinajstić information content (AvgIpc) is 2.52. The van der Waals surface area contributed by atoms with Crippen molar-refractivity contribution >= 4 is 0 Å². The van der Waals surface area contributed by atoms with Crippen molar-refractivity contribution in [2.24, 2.45) is 0 Å². The zero-order chi connectivity index (χ0) is 15.3. The average molecular weight is 291 g/mol. The topological polar surface area (TPSA) is 30.5 Å². The van der Waals surface area contributed by atoms with Gasteiger partial charge in [0.25, 0.3) is 0 Å². The predicted octanol–water partition coefficient (Wildman–Crippen LogP) is 3.54. The SMILES string of the molecule is CCCNC(c1cccc(C)c1C)C1(OC)CCOCC1. The Labute approximate surface area is 129 Å². The smallest absolute Gasteiger partial charge is 0.0916 e. The first kappa shape index (κ1) is 16.5. The van der Waals surface area contributed by atoms with E-state index in [2.05, 4.69) is 44.3 Å². The molecule has 21 heavy (non-hydrogen) atoms. The third-order valence-corrected chi connectivity index (χ3v) is 4.83. The number of aryl methyl sites for hydroxylation is 1. The molecule has 2 rings (SSSR count). The van der Waals surface area contributed by atoms with Gasteiger partial charge in [-0.3, -0.25) is 0 Å². The molecule has 0 bridgehead atoms. The van der Waals surface area contributed by atoms with Crippen LogP contribution in [0.25, 0.3) is 0 Å². The molecule has 3 heteroatoms. The van der Waals surface area contributed by atoms with Gasteiger partial charge in [-0.25, -0.2) is 0 Å². The van der Waals surface area contributed by atoms with Crippen molar-refractivity contribution in [2.75, 3.05) is 26.9 Å². The summed E-state index contributed by atoms with van der Waals surface area (Å²) in [6.45, 7) is 9.17. The van der Waals surface area contributed by atoms with Crippen LogP contribution in [-0.2, 0) is 9.47 Å². The largest absolute Gasteiger partial charge is 0.381 e. The fraction of sp³-hybridized carbons (Fsp3) is 0.667. The number of hydrogen-bond acceptors (Lipinski definition) is 3. The summed E-state index contributed by atoms with van der Waals surface area (Å²) in [6.07, 6.45) is 3.01. The highest BCUT2D eigenvalue weighted by Gasteiger charge is 2.41. The van der Waals surface area contributed by atoms with Crippen LogP contribution >= 0.6 is 0 Å². The summed E-state index contributed by atoms with van der Waals surface area (Å²) in [6, 6.07) is 6.80. The van der Waals surface area contributed by atoms with Crippen molar-refractivity contribution in [3.63, 3.8) is 0 Å². The number of ether oxygens (including phenoxy) is 2. The molecule has 0 spiro atoms. The van der Waals surface area contributed by atoms with Crippen LogP contribution in [-0.4, -0.2) is 32.5 Å². The highest BCUT2D eigenvalue weighted by Crippen LogP contribution is 2.39. The van der Waals surface area contributed by atoms with E-state index in [-0.39, 0.29) is 11.6 Å². The quantitative estimate of drug-likeness (QED) is 0.869. The van der Waals surface area contributed by atoms with Crippen molar-refractivity contribution in [2.45, 2.75) is 51.7 Å². The lowest BCUT2D eigenvalue weighted by atomic mass is 9.80. The molecule has 1 atom stereocenters. The van der Waals surface area contributed by atoms with Gasteiger partial charge in [-0.2, -0.15) is 0 Å². The second-order valence-corrected chi connectivity index (χ2v) is 6.06. The second kappa shape index (κ2) is 7.39. The summed E-state index contributed by atoms with van der Waals surface area (Å²) in [4.78, 5) is 0. The van der Waals surface area contributed by atoms with Gasteiger partial charge in [-0.05, 0) is 43.5 Å². The molecule has 1 aromatic carbocycles. The van der Waals surface area contributed by atoms with E-state index in [1.165, 1.54) is 16.7 Å². The van der Waals surface area contributed by atoms with Gasteiger partial charge in [0.1, 0.15) is 0 Å². The molecule has 1 fully saturated rings. The number of hydrogen-bond donors (Lipinski definition) is 1. The summed E-state index contributed by atoms with van der Waals surface area (Å²) in [7, 11) is 1.84. The fourth-order valence-corrected chi connectivity index (χ4v) is 3.28. The molecular weight excluding hydrogens is 262 g/mol. The fourth-order valence-electron chi connectivity index (χ4n) is 3.28. The molecule has 1 N–H and O–H groups in total. The first-order valence-electron chi connectivity index (χ1n) is 8.07. The molecule has 1 saturated heterocycles. The zero-order valence-corrected chi connectivity index (χ0v) is 13.9. The standard InChI is InChI=1S/C18H29NO2/c1-5-11-19-17(16-8-6-7-14(2)15(16)3)18(20-4)9-12-21-13-10-18/h6-8,17,19H,5,9-13H2,1-4H3. The number of rotatable bonds is 6. The summed E-state index contributed by atoms with van der Waals surface area (Å²) >= 11 is 0. The molecule has 1 aliphatic heterocycles. The highest BCUT2D eigenvalue weighted by molar-refractivity contribution is 5.37. The maximum absolute atomic E-state index is 6.04. The van der Waals surface area contributed by atoms with Crippen molar-refractivity contribution < 1.29 is 9.47 Å². The van der Waals surface area contributed by atoms with Gasteiger partial charge in [0.05, 0.1) is 11.6 Å². The Bertz CT molecular complexity index is 453. The Morgan fingerprint density at radius 1 is 1.29 bits per heavy atom. The van der Waals surface area contributed by atoms with E-state index in [4.69, 9.17) is 9.47 Å². The molecule has 0 amide bonds. The van der Waals surface area contributed by atoms with Crippen LogP contribution in [0.4, 0.5) is 0 Å². The van der Waals surface area contributed by atoms with Crippen molar-refractivity contribution in [1.29, 1.82) is 0 Å². The van der Waals surface area contributed by atoms with Gasteiger partial charge in [-0.1, -0.05) is 25.1 Å². The normalized spacial score (nSPS) is 19.4. The first-order chi connectivity index (χ1) is 10.1. The zero-order valence-electron chi connectivity index (χ0n) is 13.9. The Morgan fingerprint density at radius 3 is 2.62 bits per heavy atom. The van der Waals surface area contributed by atoms with Crippen molar-refractivity contribution in [1.82, 2.24) is 5.32 Å². The monoisotopic (exact) mass is 291 g/mol. The molecule has 3 nitrogen and oxygen atoms in total. The number of methoxy groups -OCH3 is 1. The molecule has 118 valence electrons. The lowest BCUT2D eigenvalue weighted by molar-refractivity contribution is -0.111. The summed E-state index contributed by atoms with van der Waals surface area (Å²) < 4.78 is 11.6. The van der Waals surface area contributed by atoms with E-state index in [1.54, 1.807) is 0 Å². The maximum Gasteiger partial charge on any atom is 0.0916 e. The van der Waals surface area contributed by atoms with Gasteiger partial charge in [-0.15, -0.1) is 0 Å². The van der Waals surface area contributed by atoms with Gasteiger partial charge in [0.2, 0.25) is 0 Å². The lowest BCUT2D eigenvalue weighted by Gasteiger charge is -2.43. The summed E-state index contributed by atoms with van der Waals surface area (Å²) in [5, 5.41) is 3.73. The predicted molar refractivity (Wildman–Crippen MR) is 86.7 cm³/mol. The maximum atomic E-state index is 6.04. The summed E-state index contributed by atoms with van der Waals surface area (Å²) in [5.41, 5.74) is 3.92. The molecule has 1 aromatic rings. The van der Waals surface area contributed by atoms with Crippen LogP contribution in [0.5, 0.6) is 0 Å². The minimum atomic E-state index is -0.161. The Morgan fingerprint density at radius 2 is 2.00 bits per heavy atom. The highest BCUT2D eigenvalue weighted by atomic mass is 16.5. The van der Waals surface area contributed by atoms with Crippen LogP contribution in [0.1, 0.15) is 48.9 Å². The van der Waals surface area contributed by atoms with E-state index in [1.807, 2.05) is 7.11 Å². The van der Waals surface area contributed by atoms with Gasteiger partial charge < -0.3 is 14.8 Å². The van der Waals surface area contributed by atoms with E-state index >= 15 is 0 Å². The Balaban J connectivity index is 2.38. The minimum absolute atomic E-state index is 0.161. The van der Waals surface area contributed by atoms with Gasteiger partial charge >= 0.3 is 0 Å². The van der Waals surface area contributed by atoms with E-state index < -0.39 is 0 Å². The van der Waals surface area contributed by atoms with Crippen molar-refractivity contribution in [3.05, 3.63) is 34.9 Å². The van der Waals surface area contributed by atoms with Gasteiger partial charge in [0, 0.05) is 33.2 Å². The number of benzene rings is 1. The molecule has 1 unspecified atom stereocenters. The first-order valence-corrected chi connectivity index (χ1v) is 8.07. The molecule has 0 saturated carbocycles. The number of nitrogens with one attached hydrogen (secondary N) is 1. The van der Waals surface area contributed by atoms with E-state index in [9.17, 15) is 0 Å². The minimum Gasteiger partial charge on any atom is -0.381 e. The third kappa shape index (κ3) is 3.47. The molecule has 1 aliphatic rings. The Kier molecular flexibility index (Phi) is 5.80. The summed E-state index contributed by atoms with van der Waals surface area (Å²) in [5.74, 6) is 0. The van der Waals surface area contributed by atoms with Crippen LogP contribution < -0.4 is 5.32 Å².